The van der Waals surface area contributed by atoms with Gasteiger partial charge in [0.15, 0.2) is 0 Å². The Morgan fingerprint density at radius 3 is 2.26 bits per heavy atom. The Morgan fingerprint density at radius 2 is 1.65 bits per heavy atom. The first kappa shape index (κ1) is 22.3. The quantitative estimate of drug-likeness (QED) is 0.270. The normalized spacial score (nSPS) is 12.9. The lowest BCUT2D eigenvalue weighted by atomic mass is 9.98. The van der Waals surface area contributed by atoms with Gasteiger partial charge in [0.05, 0.1) is 25.6 Å². The summed E-state index contributed by atoms with van der Waals surface area (Å²) in [7, 11) is 3.39. The summed E-state index contributed by atoms with van der Waals surface area (Å²) in [5, 5.41) is 3.37. The Labute approximate surface area is 205 Å². The van der Waals surface area contributed by atoms with Crippen LogP contribution in [0.15, 0.2) is 67.4 Å². The largest absolute Gasteiger partial charge is 0.497 e. The number of hydrogen-bond acceptors (Lipinski definition) is 3. The molecule has 1 N–H and O–H groups in total. The standard InChI is InChI=1S/C28H29N3O2S/c1-4-16-29-27(34)26-25(20-10-14-22(33-3)15-11-20)23-7-5-6-17-30-24(18-31(26)28(23)30)19-8-12-21(32-2)13-9-19/h4,8-15,18H,1,5-7,16-17H2,2-3H3,(H,29,34). The molecule has 6 heteroatoms. The van der Waals surface area contributed by atoms with Crippen molar-refractivity contribution in [3.63, 3.8) is 0 Å². The highest BCUT2D eigenvalue weighted by molar-refractivity contribution is 7.80. The average molecular weight is 472 g/mol. The molecule has 0 bridgehead atoms. The van der Waals surface area contributed by atoms with Crippen LogP contribution < -0.4 is 14.8 Å². The zero-order valence-corrected chi connectivity index (χ0v) is 20.5. The van der Waals surface area contributed by atoms with E-state index in [1.54, 1.807) is 14.2 Å². The van der Waals surface area contributed by atoms with Crippen LogP contribution in [-0.4, -0.2) is 34.7 Å². The van der Waals surface area contributed by atoms with Crippen LogP contribution in [0.25, 0.3) is 28.0 Å². The Bertz CT molecular complexity index is 1350. The summed E-state index contributed by atoms with van der Waals surface area (Å²) < 4.78 is 15.5. The maximum absolute atomic E-state index is 5.94. The van der Waals surface area contributed by atoms with Gasteiger partial charge in [-0.2, -0.15) is 0 Å². The fourth-order valence-electron chi connectivity index (χ4n) is 4.92. The van der Waals surface area contributed by atoms with Gasteiger partial charge in [-0.05, 0) is 66.8 Å². The molecule has 0 aliphatic carbocycles. The van der Waals surface area contributed by atoms with E-state index in [4.69, 9.17) is 21.7 Å². The van der Waals surface area contributed by atoms with Crippen molar-refractivity contribution in [1.82, 2.24) is 14.3 Å². The molecule has 1 aliphatic heterocycles. The number of thiocarbonyl (C=S) groups is 1. The Balaban J connectivity index is 1.77. The van der Waals surface area contributed by atoms with Crippen molar-refractivity contribution in [2.75, 3.05) is 20.8 Å². The molecule has 0 unspecified atom stereocenters. The van der Waals surface area contributed by atoms with E-state index in [0.717, 1.165) is 53.6 Å². The molecule has 174 valence electrons. The maximum Gasteiger partial charge on any atom is 0.124 e. The Kier molecular flexibility index (Phi) is 6.16. The zero-order valence-electron chi connectivity index (χ0n) is 19.6. The number of methoxy groups -OCH3 is 2. The van der Waals surface area contributed by atoms with Gasteiger partial charge in [0, 0.05) is 30.4 Å². The number of aryl methyl sites for hydroxylation is 2. The predicted molar refractivity (Wildman–Crippen MR) is 142 cm³/mol. The molecule has 0 saturated heterocycles. The monoisotopic (exact) mass is 471 g/mol. The fourth-order valence-corrected chi connectivity index (χ4v) is 5.20. The first-order valence-corrected chi connectivity index (χ1v) is 12.0. The number of rotatable bonds is 7. The highest BCUT2D eigenvalue weighted by Crippen LogP contribution is 2.40. The highest BCUT2D eigenvalue weighted by Gasteiger charge is 2.28. The summed E-state index contributed by atoms with van der Waals surface area (Å²) in [5.41, 5.74) is 8.32. The lowest BCUT2D eigenvalue weighted by Gasteiger charge is -2.12. The molecular weight excluding hydrogens is 442 g/mol. The van der Waals surface area contributed by atoms with Crippen molar-refractivity contribution in [3.05, 3.63) is 78.6 Å². The molecule has 2 aromatic heterocycles. The second-order valence-corrected chi connectivity index (χ2v) is 8.88. The summed E-state index contributed by atoms with van der Waals surface area (Å²) in [6, 6.07) is 16.6. The number of hydrogen-bond donors (Lipinski definition) is 1. The van der Waals surface area contributed by atoms with Crippen LogP contribution >= 0.6 is 12.2 Å². The molecule has 5 nitrogen and oxygen atoms in total. The van der Waals surface area contributed by atoms with Crippen LogP contribution in [0, 0.1) is 0 Å². The molecule has 0 spiro atoms. The first-order chi connectivity index (χ1) is 16.7. The molecule has 0 fully saturated rings. The van der Waals surface area contributed by atoms with Crippen molar-refractivity contribution < 1.29 is 9.47 Å². The molecule has 5 rings (SSSR count). The third-order valence-corrected chi connectivity index (χ3v) is 6.86. The van der Waals surface area contributed by atoms with Gasteiger partial charge < -0.3 is 19.4 Å². The second kappa shape index (κ2) is 9.39. The first-order valence-electron chi connectivity index (χ1n) is 11.6. The molecule has 0 atom stereocenters. The van der Waals surface area contributed by atoms with Gasteiger partial charge in [0.1, 0.15) is 22.1 Å². The van der Waals surface area contributed by atoms with Gasteiger partial charge in [-0.25, -0.2) is 0 Å². The fraction of sp³-hybridized carbons (Fsp3) is 0.250. The molecule has 0 radical (unpaired) electrons. The Hall–Kier alpha value is -3.51. The van der Waals surface area contributed by atoms with Crippen LogP contribution in [-0.2, 0) is 13.0 Å². The minimum Gasteiger partial charge on any atom is -0.497 e. The zero-order chi connectivity index (χ0) is 23.7. The van der Waals surface area contributed by atoms with Gasteiger partial charge in [0.25, 0.3) is 0 Å². The number of benzene rings is 2. The van der Waals surface area contributed by atoms with Gasteiger partial charge in [-0.15, -0.1) is 6.58 Å². The summed E-state index contributed by atoms with van der Waals surface area (Å²) in [6.45, 7) is 5.44. The minimum absolute atomic E-state index is 0.621. The lowest BCUT2D eigenvalue weighted by Crippen LogP contribution is -2.24. The SMILES string of the molecule is C=CCNC(=S)c1c(-c2ccc(OC)cc2)c2c3n(c(-c4ccc(OC)cc4)cn13)CCCC2. The van der Waals surface area contributed by atoms with E-state index in [9.17, 15) is 0 Å². The Morgan fingerprint density at radius 1 is 1.00 bits per heavy atom. The third-order valence-electron chi connectivity index (χ3n) is 6.52. The van der Waals surface area contributed by atoms with E-state index >= 15 is 0 Å². The van der Waals surface area contributed by atoms with Crippen LogP contribution in [0.3, 0.4) is 0 Å². The molecular formula is C28H29N3O2S. The van der Waals surface area contributed by atoms with Gasteiger partial charge in [0.2, 0.25) is 0 Å². The smallest absolute Gasteiger partial charge is 0.124 e. The van der Waals surface area contributed by atoms with Crippen molar-refractivity contribution in [3.8, 4) is 33.9 Å². The van der Waals surface area contributed by atoms with Crippen molar-refractivity contribution >= 4 is 22.9 Å². The van der Waals surface area contributed by atoms with Crippen LogP contribution in [0.1, 0.15) is 24.1 Å². The highest BCUT2D eigenvalue weighted by atomic mass is 32.1. The summed E-state index contributed by atoms with van der Waals surface area (Å²) in [5.74, 6) is 1.70. The third kappa shape index (κ3) is 3.78. The number of imidazole rings is 1. The molecule has 34 heavy (non-hydrogen) atoms. The van der Waals surface area contributed by atoms with E-state index in [-0.39, 0.29) is 0 Å². The van der Waals surface area contributed by atoms with Crippen LogP contribution in [0.5, 0.6) is 11.5 Å². The van der Waals surface area contributed by atoms with E-state index in [1.807, 2.05) is 30.3 Å². The molecule has 0 saturated carbocycles. The van der Waals surface area contributed by atoms with Gasteiger partial charge >= 0.3 is 0 Å². The molecule has 0 amide bonds. The number of nitrogens with one attached hydrogen (secondary N) is 1. The maximum atomic E-state index is 5.94. The molecule has 2 aromatic carbocycles. The summed E-state index contributed by atoms with van der Waals surface area (Å²) >= 11 is 5.94. The van der Waals surface area contributed by atoms with Crippen molar-refractivity contribution in [2.45, 2.75) is 25.8 Å². The van der Waals surface area contributed by atoms with Crippen LogP contribution in [0.4, 0.5) is 0 Å². The molecule has 1 aliphatic rings. The van der Waals surface area contributed by atoms with Crippen molar-refractivity contribution in [2.24, 2.45) is 0 Å². The summed E-state index contributed by atoms with van der Waals surface area (Å²) in [6.07, 6.45) is 7.36. The number of ether oxygens (including phenoxy) is 2. The summed E-state index contributed by atoms with van der Waals surface area (Å²) in [4.78, 5) is 0.728. The lowest BCUT2D eigenvalue weighted by molar-refractivity contribution is 0.415. The number of nitrogens with zero attached hydrogens (tertiary/aromatic N) is 2. The van der Waals surface area contributed by atoms with Gasteiger partial charge in [-0.1, -0.05) is 30.4 Å². The predicted octanol–water partition coefficient (Wildman–Crippen LogP) is 5.88. The number of aromatic nitrogens is 2. The average Bonchev–Trinajstić information content (AvgIpc) is 3.30. The van der Waals surface area contributed by atoms with Crippen LogP contribution in [0.2, 0.25) is 0 Å². The topological polar surface area (TPSA) is 39.8 Å². The van der Waals surface area contributed by atoms with E-state index in [1.165, 1.54) is 28.0 Å². The van der Waals surface area contributed by atoms with Crippen molar-refractivity contribution in [1.29, 1.82) is 0 Å². The molecule has 4 aromatic rings. The molecule has 3 heterocycles. The van der Waals surface area contributed by atoms with E-state index in [2.05, 4.69) is 51.3 Å². The second-order valence-electron chi connectivity index (χ2n) is 8.47. The van der Waals surface area contributed by atoms with E-state index < -0.39 is 0 Å². The minimum atomic E-state index is 0.621. The van der Waals surface area contributed by atoms with Gasteiger partial charge in [-0.3, -0.25) is 4.40 Å². The van der Waals surface area contributed by atoms with E-state index in [0.29, 0.717) is 6.54 Å².